The lowest BCUT2D eigenvalue weighted by molar-refractivity contribution is 0.102. The third-order valence-corrected chi connectivity index (χ3v) is 4.51. The van der Waals surface area contributed by atoms with Gasteiger partial charge < -0.3 is 11.1 Å². The summed E-state index contributed by atoms with van der Waals surface area (Å²) in [7, 11) is 0. The van der Waals surface area contributed by atoms with Gasteiger partial charge in [-0.3, -0.25) is 4.79 Å². The van der Waals surface area contributed by atoms with E-state index in [1.165, 1.54) is 11.3 Å². The molecule has 1 aromatic carbocycles. The predicted octanol–water partition coefficient (Wildman–Crippen LogP) is 4.03. The molecule has 7 heteroatoms. The van der Waals surface area contributed by atoms with E-state index in [4.69, 9.17) is 28.9 Å². The van der Waals surface area contributed by atoms with Crippen LogP contribution in [-0.4, -0.2) is 10.9 Å². The molecule has 0 aliphatic carbocycles. The largest absolute Gasteiger partial charge is 0.322 e. The van der Waals surface area contributed by atoms with Gasteiger partial charge >= 0.3 is 0 Å². The topological polar surface area (TPSA) is 68.0 Å². The molecule has 1 unspecified atom stereocenters. The van der Waals surface area contributed by atoms with Crippen molar-refractivity contribution in [2.45, 2.75) is 19.9 Å². The quantitative estimate of drug-likeness (QED) is 0.893. The Balaban J connectivity index is 2.25. The molecule has 0 aliphatic rings. The normalized spacial score (nSPS) is 12.2. The SMILES string of the molecule is Cc1ccc(Cl)c(NC(=O)c2csc(C(C)N)n2)c1Cl. The van der Waals surface area contributed by atoms with Crippen LogP contribution in [0.5, 0.6) is 0 Å². The monoisotopic (exact) mass is 329 g/mol. The number of anilines is 1. The van der Waals surface area contributed by atoms with Gasteiger partial charge in [-0.05, 0) is 25.5 Å². The van der Waals surface area contributed by atoms with Crippen molar-refractivity contribution in [3.8, 4) is 0 Å². The van der Waals surface area contributed by atoms with Crippen LogP contribution in [0.2, 0.25) is 10.0 Å². The number of aryl methyl sites for hydroxylation is 1. The molecule has 1 aromatic heterocycles. The lowest BCUT2D eigenvalue weighted by Gasteiger charge is -2.10. The van der Waals surface area contributed by atoms with E-state index in [-0.39, 0.29) is 11.9 Å². The Morgan fingerprint density at radius 3 is 2.75 bits per heavy atom. The molecule has 0 fully saturated rings. The van der Waals surface area contributed by atoms with Crippen LogP contribution in [0.3, 0.4) is 0 Å². The average molecular weight is 330 g/mol. The van der Waals surface area contributed by atoms with Crippen molar-refractivity contribution in [1.29, 1.82) is 0 Å². The van der Waals surface area contributed by atoms with Crippen molar-refractivity contribution < 1.29 is 4.79 Å². The number of aromatic nitrogens is 1. The van der Waals surface area contributed by atoms with E-state index in [9.17, 15) is 4.79 Å². The Labute approximate surface area is 130 Å². The van der Waals surface area contributed by atoms with Crippen LogP contribution in [0.4, 0.5) is 5.69 Å². The molecule has 1 atom stereocenters. The first-order valence-electron chi connectivity index (χ1n) is 5.87. The summed E-state index contributed by atoms with van der Waals surface area (Å²) in [6.45, 7) is 3.65. The number of nitrogens with zero attached hydrogens (tertiary/aromatic N) is 1. The molecule has 0 bridgehead atoms. The van der Waals surface area contributed by atoms with Gasteiger partial charge in [-0.2, -0.15) is 0 Å². The van der Waals surface area contributed by atoms with Gasteiger partial charge in [0.05, 0.1) is 21.8 Å². The fourth-order valence-electron chi connectivity index (χ4n) is 1.55. The van der Waals surface area contributed by atoms with Gasteiger partial charge in [-0.25, -0.2) is 4.98 Å². The van der Waals surface area contributed by atoms with Gasteiger partial charge in [0.1, 0.15) is 10.7 Å². The number of nitrogens with two attached hydrogens (primary N) is 1. The highest BCUT2D eigenvalue weighted by molar-refractivity contribution is 7.09. The first kappa shape index (κ1) is 15.3. The van der Waals surface area contributed by atoms with Gasteiger partial charge in [-0.15, -0.1) is 11.3 Å². The maximum Gasteiger partial charge on any atom is 0.275 e. The zero-order valence-electron chi connectivity index (χ0n) is 10.9. The van der Waals surface area contributed by atoms with Crippen LogP contribution < -0.4 is 11.1 Å². The number of thiazole rings is 1. The molecule has 0 aliphatic heterocycles. The minimum absolute atomic E-state index is 0.201. The summed E-state index contributed by atoms with van der Waals surface area (Å²) in [5, 5.41) is 5.86. The Morgan fingerprint density at radius 1 is 1.45 bits per heavy atom. The summed E-state index contributed by atoms with van der Waals surface area (Å²) in [6.07, 6.45) is 0. The number of carbonyl (C=O) groups excluding carboxylic acids is 1. The highest BCUT2D eigenvalue weighted by Gasteiger charge is 2.16. The second-order valence-electron chi connectivity index (χ2n) is 4.37. The van der Waals surface area contributed by atoms with Gasteiger partial charge in [0, 0.05) is 5.38 Å². The molecule has 106 valence electrons. The zero-order chi connectivity index (χ0) is 14.9. The minimum Gasteiger partial charge on any atom is -0.322 e. The van der Waals surface area contributed by atoms with E-state index in [2.05, 4.69) is 10.3 Å². The molecule has 0 spiro atoms. The lowest BCUT2D eigenvalue weighted by atomic mass is 10.2. The molecule has 2 rings (SSSR count). The van der Waals surface area contributed by atoms with E-state index in [1.54, 1.807) is 17.5 Å². The van der Waals surface area contributed by atoms with Crippen LogP contribution >= 0.6 is 34.5 Å². The molecular weight excluding hydrogens is 317 g/mol. The highest BCUT2D eigenvalue weighted by Crippen LogP contribution is 2.33. The molecule has 0 radical (unpaired) electrons. The summed E-state index contributed by atoms with van der Waals surface area (Å²) in [4.78, 5) is 16.3. The number of rotatable bonds is 3. The molecule has 4 nitrogen and oxygen atoms in total. The Morgan fingerprint density at radius 2 is 2.15 bits per heavy atom. The Bertz CT molecular complexity index is 655. The second-order valence-corrected chi connectivity index (χ2v) is 6.04. The third-order valence-electron chi connectivity index (χ3n) is 2.67. The predicted molar refractivity (Wildman–Crippen MR) is 83.9 cm³/mol. The smallest absolute Gasteiger partial charge is 0.275 e. The molecule has 20 heavy (non-hydrogen) atoms. The summed E-state index contributed by atoms with van der Waals surface area (Å²) in [5.41, 5.74) is 7.25. The maximum atomic E-state index is 12.1. The standard InChI is InChI=1S/C13H13Cl2N3OS/c1-6-3-4-8(14)11(10(6)15)18-12(19)9-5-20-13(17-9)7(2)16/h3-5,7H,16H2,1-2H3,(H,18,19). The van der Waals surface area contributed by atoms with E-state index in [1.807, 2.05) is 13.8 Å². The fraction of sp³-hybridized carbons (Fsp3) is 0.231. The number of hydrogen-bond donors (Lipinski definition) is 2. The number of amides is 1. The van der Waals surface area contributed by atoms with Crippen molar-refractivity contribution in [3.05, 3.63) is 43.8 Å². The van der Waals surface area contributed by atoms with Crippen LogP contribution in [0, 0.1) is 6.92 Å². The van der Waals surface area contributed by atoms with Crippen molar-refractivity contribution in [2.24, 2.45) is 5.73 Å². The Kier molecular flexibility index (Phi) is 4.65. The van der Waals surface area contributed by atoms with Gasteiger partial charge in [-0.1, -0.05) is 29.3 Å². The van der Waals surface area contributed by atoms with Crippen molar-refractivity contribution in [3.63, 3.8) is 0 Å². The maximum absolute atomic E-state index is 12.1. The average Bonchev–Trinajstić information content (AvgIpc) is 2.89. The first-order valence-corrected chi connectivity index (χ1v) is 7.50. The fourth-order valence-corrected chi connectivity index (χ4v) is 2.77. The molecule has 1 heterocycles. The van der Waals surface area contributed by atoms with E-state index < -0.39 is 0 Å². The van der Waals surface area contributed by atoms with Crippen molar-refractivity contribution >= 4 is 46.1 Å². The molecule has 1 amide bonds. The Hall–Kier alpha value is -1.14. The third kappa shape index (κ3) is 3.12. The highest BCUT2D eigenvalue weighted by atomic mass is 35.5. The van der Waals surface area contributed by atoms with E-state index in [0.29, 0.717) is 26.4 Å². The summed E-state index contributed by atoms with van der Waals surface area (Å²) >= 11 is 13.5. The number of halogens is 2. The van der Waals surface area contributed by atoms with E-state index in [0.717, 1.165) is 5.56 Å². The van der Waals surface area contributed by atoms with Crippen LogP contribution in [0.25, 0.3) is 0 Å². The van der Waals surface area contributed by atoms with Gasteiger partial charge in [0.2, 0.25) is 0 Å². The second kappa shape index (κ2) is 6.10. The van der Waals surface area contributed by atoms with Gasteiger partial charge in [0.25, 0.3) is 5.91 Å². The van der Waals surface area contributed by atoms with Crippen molar-refractivity contribution in [2.75, 3.05) is 5.32 Å². The van der Waals surface area contributed by atoms with Crippen LogP contribution in [0.1, 0.15) is 34.0 Å². The first-order chi connectivity index (χ1) is 9.40. The number of nitrogens with one attached hydrogen (secondary N) is 1. The molecule has 2 aromatic rings. The van der Waals surface area contributed by atoms with Gasteiger partial charge in [0.15, 0.2) is 0 Å². The number of hydrogen-bond acceptors (Lipinski definition) is 4. The van der Waals surface area contributed by atoms with Crippen molar-refractivity contribution in [1.82, 2.24) is 4.98 Å². The minimum atomic E-state index is -0.359. The number of benzene rings is 1. The summed E-state index contributed by atoms with van der Waals surface area (Å²) in [5.74, 6) is -0.359. The molecular formula is C13H13Cl2N3OS. The van der Waals surface area contributed by atoms with E-state index >= 15 is 0 Å². The summed E-state index contributed by atoms with van der Waals surface area (Å²) in [6, 6.07) is 3.28. The number of carbonyl (C=O) groups is 1. The van der Waals surface area contributed by atoms with Crippen LogP contribution in [-0.2, 0) is 0 Å². The molecule has 0 saturated carbocycles. The summed E-state index contributed by atoms with van der Waals surface area (Å²) < 4.78 is 0. The zero-order valence-corrected chi connectivity index (χ0v) is 13.2. The lowest BCUT2D eigenvalue weighted by Crippen LogP contribution is -2.14. The molecule has 0 saturated heterocycles. The van der Waals surface area contributed by atoms with Crippen LogP contribution in [0.15, 0.2) is 17.5 Å². The molecule has 3 N–H and O–H groups in total.